The van der Waals surface area contributed by atoms with Crippen LogP contribution in [0, 0.1) is 0 Å². The molecule has 0 saturated heterocycles. The van der Waals surface area contributed by atoms with Crippen LogP contribution in [0.2, 0.25) is 5.02 Å². The monoisotopic (exact) mass is 458 g/mol. The predicted octanol–water partition coefficient (Wildman–Crippen LogP) is 5.62. The fourth-order valence-electron chi connectivity index (χ4n) is 2.54. The van der Waals surface area contributed by atoms with Gasteiger partial charge in [-0.05, 0) is 42.5 Å². The lowest BCUT2D eigenvalue weighted by Gasteiger charge is -2.13. The first-order valence-corrected chi connectivity index (χ1v) is 9.46. The van der Waals surface area contributed by atoms with Gasteiger partial charge in [-0.25, -0.2) is 0 Å². The number of amides is 2. The molecule has 0 heterocycles. The van der Waals surface area contributed by atoms with E-state index in [-0.39, 0.29) is 11.8 Å². The second-order valence-electron chi connectivity index (χ2n) is 5.81. The topological polar surface area (TPSA) is 67.4 Å². The van der Waals surface area contributed by atoms with Gasteiger partial charge in [0.25, 0.3) is 11.8 Å². The third-order valence-corrected chi connectivity index (χ3v) is 4.74. The molecule has 5 nitrogen and oxygen atoms in total. The molecule has 3 rings (SSSR count). The fraction of sp³-hybridized carbons (Fsp3) is 0.0476. The second-order valence-corrected chi connectivity index (χ2v) is 7.14. The number of ether oxygens (including phenoxy) is 1. The summed E-state index contributed by atoms with van der Waals surface area (Å²) in [5.41, 5.74) is 1.88. The van der Waals surface area contributed by atoms with Gasteiger partial charge in [-0.2, -0.15) is 0 Å². The van der Waals surface area contributed by atoms with Gasteiger partial charge < -0.3 is 15.4 Å². The van der Waals surface area contributed by atoms with E-state index in [0.29, 0.717) is 33.3 Å². The van der Waals surface area contributed by atoms with Crippen molar-refractivity contribution >= 4 is 50.7 Å². The van der Waals surface area contributed by atoms with Gasteiger partial charge in [-0.15, -0.1) is 0 Å². The average molecular weight is 460 g/mol. The summed E-state index contributed by atoms with van der Waals surface area (Å²) in [4.78, 5) is 24.9. The van der Waals surface area contributed by atoms with E-state index in [1.807, 2.05) is 6.07 Å². The first kappa shape index (κ1) is 19.9. The van der Waals surface area contributed by atoms with E-state index in [4.69, 9.17) is 16.3 Å². The second kappa shape index (κ2) is 8.91. The molecule has 2 N–H and O–H groups in total. The molecule has 0 aliphatic rings. The molecule has 142 valence electrons. The minimum atomic E-state index is -0.352. The normalized spacial score (nSPS) is 10.2. The number of benzene rings is 3. The van der Waals surface area contributed by atoms with E-state index >= 15 is 0 Å². The van der Waals surface area contributed by atoms with Crippen molar-refractivity contribution in [3.63, 3.8) is 0 Å². The van der Waals surface area contributed by atoms with E-state index in [9.17, 15) is 9.59 Å². The molecule has 0 aliphatic carbocycles. The zero-order chi connectivity index (χ0) is 20.1. The molecule has 0 atom stereocenters. The van der Waals surface area contributed by atoms with Crippen LogP contribution in [0.15, 0.2) is 71.2 Å². The molecular weight excluding hydrogens is 444 g/mol. The number of methoxy groups -OCH3 is 1. The Bertz CT molecular complexity index is 1040. The fourth-order valence-corrected chi connectivity index (χ4v) is 3.16. The molecule has 2 amide bonds. The maximum Gasteiger partial charge on any atom is 0.257 e. The molecule has 0 spiro atoms. The van der Waals surface area contributed by atoms with Crippen molar-refractivity contribution in [1.29, 1.82) is 0 Å². The Hall–Kier alpha value is -2.83. The van der Waals surface area contributed by atoms with Crippen molar-refractivity contribution in [2.45, 2.75) is 0 Å². The van der Waals surface area contributed by atoms with E-state index in [0.717, 1.165) is 4.47 Å². The van der Waals surface area contributed by atoms with E-state index in [1.54, 1.807) is 60.7 Å². The highest BCUT2D eigenvalue weighted by atomic mass is 79.9. The number of hydrogen-bond donors (Lipinski definition) is 2. The summed E-state index contributed by atoms with van der Waals surface area (Å²) in [7, 11) is 1.49. The number of rotatable bonds is 5. The Morgan fingerprint density at radius 2 is 1.71 bits per heavy atom. The van der Waals surface area contributed by atoms with E-state index in [1.165, 1.54) is 7.11 Å². The van der Waals surface area contributed by atoms with Crippen LogP contribution < -0.4 is 15.4 Å². The lowest BCUT2D eigenvalue weighted by atomic mass is 10.2. The minimum absolute atomic E-state index is 0.254. The van der Waals surface area contributed by atoms with Gasteiger partial charge in [-0.3, -0.25) is 9.59 Å². The van der Waals surface area contributed by atoms with Gasteiger partial charge in [0.2, 0.25) is 0 Å². The van der Waals surface area contributed by atoms with Crippen LogP contribution in [0.25, 0.3) is 0 Å². The van der Waals surface area contributed by atoms with E-state index < -0.39 is 0 Å². The first-order chi connectivity index (χ1) is 13.5. The van der Waals surface area contributed by atoms with Crippen molar-refractivity contribution in [3.05, 3.63) is 87.4 Å². The summed E-state index contributed by atoms with van der Waals surface area (Å²) < 4.78 is 6.17. The van der Waals surface area contributed by atoms with Crippen LogP contribution in [0.1, 0.15) is 20.7 Å². The summed E-state index contributed by atoms with van der Waals surface area (Å²) in [5.74, 6) is -0.196. The summed E-state index contributed by atoms with van der Waals surface area (Å²) in [6.45, 7) is 0. The summed E-state index contributed by atoms with van der Waals surface area (Å²) >= 11 is 9.41. The molecule has 0 radical (unpaired) electrons. The maximum atomic E-state index is 12.5. The van der Waals surface area contributed by atoms with Crippen LogP contribution in [0.4, 0.5) is 11.4 Å². The third-order valence-electron chi connectivity index (χ3n) is 3.91. The van der Waals surface area contributed by atoms with Crippen molar-refractivity contribution in [3.8, 4) is 5.75 Å². The Morgan fingerprint density at radius 3 is 2.43 bits per heavy atom. The molecule has 28 heavy (non-hydrogen) atoms. The number of nitrogens with one attached hydrogen (secondary N) is 2. The third kappa shape index (κ3) is 4.71. The Kier molecular flexibility index (Phi) is 6.34. The molecular formula is C21H16BrClN2O3. The molecule has 0 bridgehead atoms. The van der Waals surface area contributed by atoms with E-state index in [2.05, 4.69) is 26.6 Å². The summed E-state index contributed by atoms with van der Waals surface area (Å²) in [6, 6.07) is 18.8. The maximum absolute atomic E-state index is 12.5. The molecule has 0 aliphatic heterocycles. The van der Waals surface area contributed by atoms with Crippen LogP contribution in [0.5, 0.6) is 5.75 Å². The smallest absolute Gasteiger partial charge is 0.257 e. The first-order valence-electron chi connectivity index (χ1n) is 8.29. The van der Waals surface area contributed by atoms with Crippen LogP contribution in [-0.2, 0) is 0 Å². The Balaban J connectivity index is 1.78. The molecule has 7 heteroatoms. The number of halogens is 2. The standard InChI is InChI=1S/C21H16BrClN2O3/c1-28-19-12-15(24-20(26)13-5-4-6-14(22)11-13)9-10-18(19)25-21(27)16-7-2-3-8-17(16)23/h2-12H,1H3,(H,24,26)(H,25,27). The van der Waals surface area contributed by atoms with Gasteiger partial charge in [-0.1, -0.05) is 45.7 Å². The number of hydrogen-bond acceptors (Lipinski definition) is 3. The highest BCUT2D eigenvalue weighted by Gasteiger charge is 2.14. The summed E-state index contributed by atoms with van der Waals surface area (Å²) in [6.07, 6.45) is 0. The average Bonchev–Trinajstić information content (AvgIpc) is 2.69. The predicted molar refractivity (Wildman–Crippen MR) is 114 cm³/mol. The number of carbonyl (C=O) groups excluding carboxylic acids is 2. The largest absolute Gasteiger partial charge is 0.494 e. The zero-order valence-electron chi connectivity index (χ0n) is 14.8. The summed E-state index contributed by atoms with van der Waals surface area (Å²) in [5, 5.41) is 5.94. The Morgan fingerprint density at radius 1 is 0.929 bits per heavy atom. The van der Waals surface area contributed by atoms with Gasteiger partial charge >= 0.3 is 0 Å². The zero-order valence-corrected chi connectivity index (χ0v) is 17.2. The minimum Gasteiger partial charge on any atom is -0.494 e. The quantitative estimate of drug-likeness (QED) is 0.521. The molecule has 3 aromatic carbocycles. The molecule has 0 saturated carbocycles. The van der Waals surface area contributed by atoms with Gasteiger partial charge in [0.05, 0.1) is 23.4 Å². The van der Waals surface area contributed by atoms with Crippen molar-refractivity contribution in [1.82, 2.24) is 0 Å². The van der Waals surface area contributed by atoms with Gasteiger partial charge in [0.1, 0.15) is 5.75 Å². The van der Waals surface area contributed by atoms with Crippen molar-refractivity contribution in [2.75, 3.05) is 17.7 Å². The van der Waals surface area contributed by atoms with Crippen LogP contribution >= 0.6 is 27.5 Å². The highest BCUT2D eigenvalue weighted by Crippen LogP contribution is 2.29. The SMILES string of the molecule is COc1cc(NC(=O)c2cccc(Br)c2)ccc1NC(=O)c1ccccc1Cl. The number of anilines is 2. The van der Waals surface area contributed by atoms with Crippen molar-refractivity contribution < 1.29 is 14.3 Å². The molecule has 0 unspecified atom stereocenters. The molecule has 3 aromatic rings. The van der Waals surface area contributed by atoms with Crippen molar-refractivity contribution in [2.24, 2.45) is 0 Å². The number of carbonyl (C=O) groups is 2. The van der Waals surface area contributed by atoms with Gasteiger partial charge in [0.15, 0.2) is 0 Å². The lowest BCUT2D eigenvalue weighted by molar-refractivity contribution is 0.101. The van der Waals surface area contributed by atoms with Gasteiger partial charge in [0, 0.05) is 21.8 Å². The Labute approximate surface area is 175 Å². The molecule has 0 aromatic heterocycles. The molecule has 0 fully saturated rings. The lowest BCUT2D eigenvalue weighted by Crippen LogP contribution is -2.14. The van der Waals surface area contributed by atoms with Crippen LogP contribution in [0.3, 0.4) is 0 Å². The highest BCUT2D eigenvalue weighted by molar-refractivity contribution is 9.10. The van der Waals surface area contributed by atoms with Crippen LogP contribution in [-0.4, -0.2) is 18.9 Å².